The topological polar surface area (TPSA) is 44.3 Å². The van der Waals surface area contributed by atoms with Gasteiger partial charge in [-0.05, 0) is 27.8 Å². The van der Waals surface area contributed by atoms with Crippen LogP contribution in [0.15, 0.2) is 0 Å². The van der Waals surface area contributed by atoms with Crippen LogP contribution in [0.1, 0.15) is 32.2 Å². The van der Waals surface area contributed by atoms with Gasteiger partial charge in [0.15, 0.2) is 0 Å². The van der Waals surface area contributed by atoms with Gasteiger partial charge in [-0.25, -0.2) is 9.97 Å². The Kier molecular flexibility index (Phi) is 4.81. The highest BCUT2D eigenvalue weighted by molar-refractivity contribution is 5.59. The van der Waals surface area contributed by atoms with E-state index in [0.29, 0.717) is 6.04 Å². The number of hydrogen-bond donors (Lipinski definition) is 1. The summed E-state index contributed by atoms with van der Waals surface area (Å²) in [6, 6.07) is 0.488. The zero-order chi connectivity index (χ0) is 14.7. The van der Waals surface area contributed by atoms with Crippen molar-refractivity contribution in [2.24, 2.45) is 0 Å². The fourth-order valence-electron chi connectivity index (χ4n) is 2.78. The predicted octanol–water partition coefficient (Wildman–Crippen LogP) is 1.92. The highest BCUT2D eigenvalue weighted by Gasteiger charge is 2.25. The van der Waals surface area contributed by atoms with Crippen molar-refractivity contribution < 1.29 is 0 Å². The van der Waals surface area contributed by atoms with Gasteiger partial charge in [0.25, 0.3) is 0 Å². The van der Waals surface area contributed by atoms with Crippen molar-refractivity contribution in [2.45, 2.75) is 40.2 Å². The van der Waals surface area contributed by atoms with E-state index in [-0.39, 0.29) is 0 Å². The first-order chi connectivity index (χ1) is 9.56. The van der Waals surface area contributed by atoms with Crippen LogP contribution in [-0.4, -0.2) is 54.1 Å². The van der Waals surface area contributed by atoms with Gasteiger partial charge >= 0.3 is 0 Å². The van der Waals surface area contributed by atoms with Crippen LogP contribution < -0.4 is 10.2 Å². The van der Waals surface area contributed by atoms with Crippen molar-refractivity contribution >= 4 is 11.6 Å². The molecule has 0 bridgehead atoms. The van der Waals surface area contributed by atoms with Gasteiger partial charge in [0, 0.05) is 44.2 Å². The SMILES string of the molecule is CCNc1nc(CC)nc(N2CCN(C)CC2C)c1C. The minimum Gasteiger partial charge on any atom is -0.370 e. The maximum Gasteiger partial charge on any atom is 0.137 e. The van der Waals surface area contributed by atoms with E-state index in [2.05, 4.69) is 54.8 Å². The van der Waals surface area contributed by atoms with Gasteiger partial charge in [0.1, 0.15) is 17.5 Å². The van der Waals surface area contributed by atoms with E-state index in [1.807, 2.05) is 0 Å². The summed E-state index contributed by atoms with van der Waals surface area (Å²) >= 11 is 0. The molecule has 0 spiro atoms. The highest BCUT2D eigenvalue weighted by Crippen LogP contribution is 2.26. The van der Waals surface area contributed by atoms with Crippen molar-refractivity contribution in [3.63, 3.8) is 0 Å². The van der Waals surface area contributed by atoms with E-state index in [4.69, 9.17) is 4.98 Å². The lowest BCUT2D eigenvalue weighted by atomic mass is 10.1. The number of hydrogen-bond acceptors (Lipinski definition) is 5. The molecule has 1 aromatic rings. The molecular weight excluding hydrogens is 250 g/mol. The van der Waals surface area contributed by atoms with Crippen molar-refractivity contribution in [3.05, 3.63) is 11.4 Å². The second-order valence-corrected chi connectivity index (χ2v) is 5.63. The highest BCUT2D eigenvalue weighted by atomic mass is 15.3. The van der Waals surface area contributed by atoms with E-state index < -0.39 is 0 Å². The molecule has 5 heteroatoms. The zero-order valence-corrected chi connectivity index (χ0v) is 13.4. The molecule has 0 aliphatic carbocycles. The molecule has 0 aromatic carbocycles. The van der Waals surface area contributed by atoms with Crippen LogP contribution in [0.25, 0.3) is 0 Å². The Hall–Kier alpha value is -1.36. The molecule has 1 saturated heterocycles. The molecule has 1 N–H and O–H groups in total. The molecule has 1 unspecified atom stereocenters. The monoisotopic (exact) mass is 277 g/mol. The first kappa shape index (κ1) is 15.0. The summed E-state index contributed by atoms with van der Waals surface area (Å²) in [5.74, 6) is 3.02. The van der Waals surface area contributed by atoms with Crippen LogP contribution in [0.3, 0.4) is 0 Å². The maximum atomic E-state index is 4.79. The molecule has 112 valence electrons. The molecule has 1 fully saturated rings. The molecule has 2 rings (SSSR count). The van der Waals surface area contributed by atoms with E-state index >= 15 is 0 Å². The number of nitrogens with one attached hydrogen (secondary N) is 1. The Morgan fingerprint density at radius 2 is 2.00 bits per heavy atom. The van der Waals surface area contributed by atoms with Gasteiger partial charge in [0.05, 0.1) is 0 Å². The minimum atomic E-state index is 0.488. The van der Waals surface area contributed by atoms with Crippen LogP contribution in [0.2, 0.25) is 0 Å². The fraction of sp³-hybridized carbons (Fsp3) is 0.733. The summed E-state index contributed by atoms with van der Waals surface area (Å²) in [6.45, 7) is 12.7. The number of aryl methyl sites for hydroxylation is 1. The van der Waals surface area contributed by atoms with Crippen molar-refractivity contribution in [2.75, 3.05) is 43.4 Å². The minimum absolute atomic E-state index is 0.488. The van der Waals surface area contributed by atoms with Crippen molar-refractivity contribution in [1.29, 1.82) is 0 Å². The standard InChI is InChI=1S/C15H27N5/c1-6-13-17-14(16-7-2)12(4)15(18-13)20-9-8-19(5)10-11(20)3/h11H,6-10H2,1-5H3,(H,16,17,18). The van der Waals surface area contributed by atoms with E-state index in [9.17, 15) is 0 Å². The molecule has 1 aromatic heterocycles. The third-order valence-electron chi connectivity index (χ3n) is 3.93. The van der Waals surface area contributed by atoms with Gasteiger partial charge in [-0.2, -0.15) is 0 Å². The van der Waals surface area contributed by atoms with Gasteiger partial charge < -0.3 is 15.1 Å². The first-order valence-electron chi connectivity index (χ1n) is 7.63. The predicted molar refractivity (Wildman–Crippen MR) is 84.6 cm³/mol. The quantitative estimate of drug-likeness (QED) is 0.911. The molecule has 0 saturated carbocycles. The summed E-state index contributed by atoms with van der Waals surface area (Å²) in [5.41, 5.74) is 1.17. The number of aromatic nitrogens is 2. The second-order valence-electron chi connectivity index (χ2n) is 5.63. The van der Waals surface area contributed by atoms with Crippen LogP contribution in [0.5, 0.6) is 0 Å². The smallest absolute Gasteiger partial charge is 0.137 e. The van der Waals surface area contributed by atoms with Crippen LogP contribution in [0.4, 0.5) is 11.6 Å². The second kappa shape index (κ2) is 6.39. The molecule has 1 aliphatic heterocycles. The van der Waals surface area contributed by atoms with Crippen LogP contribution >= 0.6 is 0 Å². The number of rotatable bonds is 4. The third-order valence-corrected chi connectivity index (χ3v) is 3.93. The number of likely N-dealkylation sites (N-methyl/N-ethyl adjacent to an activating group) is 1. The maximum absolute atomic E-state index is 4.79. The number of piperazine rings is 1. The lowest BCUT2D eigenvalue weighted by Gasteiger charge is -2.39. The average Bonchev–Trinajstić information content (AvgIpc) is 2.42. The molecule has 0 amide bonds. The molecule has 0 radical (unpaired) electrons. The van der Waals surface area contributed by atoms with Gasteiger partial charge in [-0.3, -0.25) is 0 Å². The Labute approximate surface area is 122 Å². The lowest BCUT2D eigenvalue weighted by molar-refractivity contribution is 0.274. The fourth-order valence-corrected chi connectivity index (χ4v) is 2.78. The van der Waals surface area contributed by atoms with Crippen molar-refractivity contribution in [3.8, 4) is 0 Å². The summed E-state index contributed by atoms with van der Waals surface area (Å²) < 4.78 is 0. The lowest BCUT2D eigenvalue weighted by Crippen LogP contribution is -2.51. The Bertz CT molecular complexity index is 460. The van der Waals surface area contributed by atoms with E-state index in [0.717, 1.165) is 50.1 Å². The largest absolute Gasteiger partial charge is 0.370 e. The molecule has 2 heterocycles. The molecule has 1 aliphatic rings. The number of anilines is 2. The third kappa shape index (κ3) is 3.03. The van der Waals surface area contributed by atoms with Gasteiger partial charge in [0.2, 0.25) is 0 Å². The first-order valence-corrected chi connectivity index (χ1v) is 7.63. The van der Waals surface area contributed by atoms with Gasteiger partial charge in [-0.1, -0.05) is 6.92 Å². The van der Waals surface area contributed by atoms with Crippen molar-refractivity contribution in [1.82, 2.24) is 14.9 Å². The molecule has 20 heavy (non-hydrogen) atoms. The summed E-state index contributed by atoms with van der Waals surface area (Å²) in [4.78, 5) is 14.2. The molecular formula is C15H27N5. The van der Waals surface area contributed by atoms with Crippen LogP contribution in [0, 0.1) is 6.92 Å². The Balaban J connectivity index is 2.36. The normalized spacial score (nSPS) is 20.2. The summed E-state index contributed by atoms with van der Waals surface area (Å²) in [5, 5.41) is 3.37. The summed E-state index contributed by atoms with van der Waals surface area (Å²) in [6.07, 6.45) is 0.869. The molecule has 5 nitrogen and oxygen atoms in total. The van der Waals surface area contributed by atoms with E-state index in [1.165, 1.54) is 5.56 Å². The Morgan fingerprint density at radius 3 is 2.60 bits per heavy atom. The summed E-state index contributed by atoms with van der Waals surface area (Å²) in [7, 11) is 2.18. The zero-order valence-electron chi connectivity index (χ0n) is 13.4. The molecule has 1 atom stereocenters. The van der Waals surface area contributed by atoms with Gasteiger partial charge in [-0.15, -0.1) is 0 Å². The van der Waals surface area contributed by atoms with Crippen LogP contribution in [-0.2, 0) is 6.42 Å². The van der Waals surface area contributed by atoms with E-state index in [1.54, 1.807) is 0 Å². The number of nitrogens with zero attached hydrogens (tertiary/aromatic N) is 4. The Morgan fingerprint density at radius 1 is 1.25 bits per heavy atom. The average molecular weight is 277 g/mol.